The van der Waals surface area contributed by atoms with Crippen molar-refractivity contribution in [2.75, 3.05) is 5.75 Å². The minimum atomic E-state index is -3.87. The lowest BCUT2D eigenvalue weighted by molar-refractivity contribution is -0.697. The largest absolute Gasteiger partial charge is 0.318 e. The maximum Gasteiger partial charge on any atom is 0.264 e. The number of pyridine rings is 1. The Bertz CT molecular complexity index is 1110. The van der Waals surface area contributed by atoms with E-state index in [-0.39, 0.29) is 5.75 Å². The molecule has 0 aliphatic carbocycles. The van der Waals surface area contributed by atoms with Gasteiger partial charge >= 0.3 is 0 Å². The monoisotopic (exact) mass is 405 g/mol. The molecule has 3 aromatic rings. The molecule has 2 heterocycles. The Morgan fingerprint density at radius 1 is 1.19 bits per heavy atom. The van der Waals surface area contributed by atoms with Crippen LogP contribution >= 0.6 is 11.3 Å². The van der Waals surface area contributed by atoms with Gasteiger partial charge in [0.05, 0.1) is 22.2 Å². The highest BCUT2D eigenvalue weighted by atomic mass is 32.2. The molecule has 0 aliphatic heterocycles. The zero-order valence-corrected chi connectivity index (χ0v) is 16.5. The van der Waals surface area contributed by atoms with Crippen molar-refractivity contribution in [2.45, 2.75) is 19.4 Å². The van der Waals surface area contributed by atoms with Crippen LogP contribution in [0.15, 0.2) is 59.0 Å². The van der Waals surface area contributed by atoms with Gasteiger partial charge in [0.2, 0.25) is 4.80 Å². The van der Waals surface area contributed by atoms with Gasteiger partial charge in [0, 0.05) is 31.2 Å². The molecule has 0 radical (unpaired) electrons. The highest BCUT2D eigenvalue weighted by molar-refractivity contribution is 7.85. The van der Waals surface area contributed by atoms with Crippen molar-refractivity contribution in [3.05, 3.63) is 59.2 Å². The van der Waals surface area contributed by atoms with E-state index in [1.165, 1.54) is 4.70 Å². The average molecular weight is 406 g/mol. The van der Waals surface area contributed by atoms with E-state index in [1.54, 1.807) is 17.6 Å². The molecular formula is C18H21N4O3S2+. The summed E-state index contributed by atoms with van der Waals surface area (Å²) in [6, 6.07) is 12.0. The zero-order chi connectivity index (χ0) is 19.3. The highest BCUT2D eigenvalue weighted by Crippen LogP contribution is 2.15. The lowest BCUT2D eigenvalue weighted by Crippen LogP contribution is -2.32. The number of hydrogen-bond acceptors (Lipinski definition) is 5. The first-order valence-electron chi connectivity index (χ1n) is 8.48. The van der Waals surface area contributed by atoms with Gasteiger partial charge in [-0.3, -0.25) is 4.55 Å². The molecule has 0 unspecified atom stereocenters. The van der Waals surface area contributed by atoms with Gasteiger partial charge in [-0.2, -0.15) is 13.5 Å². The van der Waals surface area contributed by atoms with Gasteiger partial charge in [-0.15, -0.1) is 5.10 Å². The molecular weight excluding hydrogens is 384 g/mol. The van der Waals surface area contributed by atoms with Gasteiger partial charge in [0.1, 0.15) is 6.54 Å². The van der Waals surface area contributed by atoms with Crippen LogP contribution in [0.4, 0.5) is 0 Å². The van der Waals surface area contributed by atoms with Crippen LogP contribution in [0, 0.1) is 0 Å². The van der Waals surface area contributed by atoms with Crippen molar-refractivity contribution in [1.82, 2.24) is 4.57 Å². The summed E-state index contributed by atoms with van der Waals surface area (Å²) in [4.78, 5) is 0.831. The first-order valence-corrected chi connectivity index (χ1v) is 10.9. The number of aryl methyl sites for hydroxylation is 2. The Morgan fingerprint density at radius 2 is 1.93 bits per heavy atom. The third-order valence-corrected chi connectivity index (χ3v) is 5.96. The van der Waals surface area contributed by atoms with Gasteiger partial charge in [-0.05, 0) is 18.6 Å². The van der Waals surface area contributed by atoms with Crippen molar-refractivity contribution in [1.29, 1.82) is 0 Å². The van der Waals surface area contributed by atoms with Crippen molar-refractivity contribution in [2.24, 2.45) is 17.3 Å². The van der Waals surface area contributed by atoms with Gasteiger partial charge in [-0.25, -0.2) is 4.57 Å². The zero-order valence-electron chi connectivity index (χ0n) is 14.9. The molecule has 3 rings (SSSR count). The van der Waals surface area contributed by atoms with Crippen LogP contribution in [0.5, 0.6) is 0 Å². The van der Waals surface area contributed by atoms with E-state index in [0.29, 0.717) is 19.4 Å². The molecule has 7 nitrogen and oxygen atoms in total. The van der Waals surface area contributed by atoms with Crippen LogP contribution in [0.25, 0.3) is 10.2 Å². The number of benzene rings is 1. The fourth-order valence-corrected chi connectivity index (χ4v) is 4.15. The Balaban J connectivity index is 1.61. The average Bonchev–Trinajstić information content (AvgIpc) is 2.96. The second-order valence-electron chi connectivity index (χ2n) is 6.12. The fourth-order valence-electron chi connectivity index (χ4n) is 2.61. The Hall–Kier alpha value is -2.36. The molecule has 2 aromatic heterocycles. The van der Waals surface area contributed by atoms with Crippen molar-refractivity contribution in [3.8, 4) is 0 Å². The topological polar surface area (TPSA) is 87.9 Å². The Morgan fingerprint density at radius 3 is 2.63 bits per heavy atom. The summed E-state index contributed by atoms with van der Waals surface area (Å²) < 4.78 is 35.2. The SMILES string of the molecule is Cn1c(=NN=Cc2cc[n+](CCCCS(=O)(=O)O)cc2)sc2ccccc21. The van der Waals surface area contributed by atoms with Gasteiger partial charge < -0.3 is 4.57 Å². The fraction of sp³-hybridized carbons (Fsp3) is 0.278. The molecule has 0 fully saturated rings. The summed E-state index contributed by atoms with van der Waals surface area (Å²) in [7, 11) is -1.90. The predicted octanol–water partition coefficient (Wildman–Crippen LogP) is 2.13. The molecule has 0 aliphatic rings. The number of aromatic nitrogens is 2. The maximum atomic E-state index is 10.7. The first-order chi connectivity index (χ1) is 12.9. The van der Waals surface area contributed by atoms with Crippen LogP contribution in [0.2, 0.25) is 0 Å². The summed E-state index contributed by atoms with van der Waals surface area (Å²) in [5, 5.41) is 8.49. The minimum absolute atomic E-state index is 0.199. The van der Waals surface area contributed by atoms with E-state index in [0.717, 1.165) is 15.9 Å². The van der Waals surface area contributed by atoms with Crippen molar-refractivity contribution < 1.29 is 17.5 Å². The lowest BCUT2D eigenvalue weighted by atomic mass is 10.3. The normalized spacial score (nSPS) is 13.0. The molecule has 0 saturated carbocycles. The summed E-state index contributed by atoms with van der Waals surface area (Å²) >= 11 is 1.59. The smallest absolute Gasteiger partial charge is 0.264 e. The van der Waals surface area contributed by atoms with Gasteiger partial charge in [0.15, 0.2) is 12.4 Å². The Labute approximate surface area is 161 Å². The number of nitrogens with zero attached hydrogens (tertiary/aromatic N) is 4. The third kappa shape index (κ3) is 5.56. The van der Waals surface area contributed by atoms with Crippen molar-refractivity contribution >= 4 is 37.9 Å². The number of fused-ring (bicyclic) bond motifs is 1. The Kier molecular flexibility index (Phi) is 6.15. The lowest BCUT2D eigenvalue weighted by Gasteiger charge is -1.97. The predicted molar refractivity (Wildman–Crippen MR) is 106 cm³/mol. The number of unbranched alkanes of at least 4 members (excludes halogenated alkanes) is 1. The summed E-state index contributed by atoms with van der Waals surface area (Å²) in [6.45, 7) is 0.689. The molecule has 0 bridgehead atoms. The summed E-state index contributed by atoms with van der Waals surface area (Å²) in [5.74, 6) is -0.199. The molecule has 0 amide bonds. The summed E-state index contributed by atoms with van der Waals surface area (Å²) in [6.07, 6.45) is 6.63. The van der Waals surface area contributed by atoms with Crippen molar-refractivity contribution in [3.63, 3.8) is 0 Å². The molecule has 27 heavy (non-hydrogen) atoms. The second kappa shape index (κ2) is 8.55. The van der Waals surface area contributed by atoms with E-state index >= 15 is 0 Å². The molecule has 1 N–H and O–H groups in total. The van der Waals surface area contributed by atoms with Crippen LogP contribution in [0.3, 0.4) is 0 Å². The summed E-state index contributed by atoms with van der Waals surface area (Å²) in [5.41, 5.74) is 2.06. The van der Waals surface area contributed by atoms with Gasteiger partial charge in [-0.1, -0.05) is 23.5 Å². The molecule has 1 aromatic carbocycles. The van der Waals surface area contributed by atoms with E-state index in [9.17, 15) is 8.42 Å². The number of para-hydroxylation sites is 1. The van der Waals surface area contributed by atoms with E-state index < -0.39 is 10.1 Å². The van der Waals surface area contributed by atoms with E-state index in [4.69, 9.17) is 4.55 Å². The van der Waals surface area contributed by atoms with Crippen LogP contribution < -0.4 is 9.37 Å². The first kappa shape index (κ1) is 19.4. The second-order valence-corrected chi connectivity index (χ2v) is 8.70. The number of rotatable bonds is 7. The number of hydrogen-bond donors (Lipinski definition) is 1. The van der Waals surface area contributed by atoms with E-state index in [2.05, 4.69) is 22.3 Å². The van der Waals surface area contributed by atoms with Crippen LogP contribution in [0.1, 0.15) is 18.4 Å². The molecule has 0 saturated heterocycles. The maximum absolute atomic E-state index is 10.7. The van der Waals surface area contributed by atoms with E-state index in [1.807, 2.05) is 52.8 Å². The molecule has 0 spiro atoms. The van der Waals surface area contributed by atoms with Crippen LogP contribution in [-0.4, -0.2) is 29.5 Å². The molecule has 0 atom stereocenters. The van der Waals surface area contributed by atoms with Crippen LogP contribution in [-0.2, 0) is 23.7 Å². The molecule has 9 heteroatoms. The third-order valence-electron chi connectivity index (χ3n) is 4.05. The standard InChI is InChI=1S/C18H20N4O3S2/c1-21-16-6-2-3-7-17(16)26-18(21)20-19-14-15-8-11-22(12-9-15)10-4-5-13-27(23,24)25/h2-3,6-9,11-12,14H,4-5,10,13H2,1H3/p+1. The quantitative estimate of drug-likeness (QED) is 0.215. The highest BCUT2D eigenvalue weighted by Gasteiger charge is 2.06. The van der Waals surface area contributed by atoms with Gasteiger partial charge in [0.25, 0.3) is 10.1 Å². The minimum Gasteiger partial charge on any atom is -0.318 e. The number of thiazole rings is 1. The molecule has 142 valence electrons.